The summed E-state index contributed by atoms with van der Waals surface area (Å²) in [7, 11) is -2.60. The van der Waals surface area contributed by atoms with E-state index in [0.717, 1.165) is 29.3 Å². The molecule has 0 saturated heterocycles. The van der Waals surface area contributed by atoms with Crippen LogP contribution in [0.25, 0.3) is 0 Å². The van der Waals surface area contributed by atoms with E-state index in [4.69, 9.17) is 16.3 Å². The molecule has 26 heavy (non-hydrogen) atoms. The number of ether oxygens (including phenoxy) is 1. The van der Waals surface area contributed by atoms with Crippen LogP contribution in [-0.4, -0.2) is 33.1 Å². The molecule has 0 atom stereocenters. The van der Waals surface area contributed by atoms with Gasteiger partial charge in [-0.15, -0.1) is 0 Å². The summed E-state index contributed by atoms with van der Waals surface area (Å²) in [6.07, 6.45) is 0.230. The molecule has 1 aliphatic rings. The lowest BCUT2D eigenvalue weighted by atomic mass is 9.99. The van der Waals surface area contributed by atoms with Crippen molar-refractivity contribution in [2.75, 3.05) is 18.4 Å². The molecule has 9 heteroatoms. The van der Waals surface area contributed by atoms with Crippen molar-refractivity contribution in [1.29, 1.82) is 0 Å². The van der Waals surface area contributed by atoms with E-state index in [1.54, 1.807) is 17.0 Å². The Morgan fingerprint density at radius 1 is 1.23 bits per heavy atom. The predicted octanol–water partition coefficient (Wildman–Crippen LogP) is 3.40. The number of benzene rings is 2. The Labute approximate surface area is 155 Å². The van der Waals surface area contributed by atoms with Gasteiger partial charge in [-0.2, -0.15) is 0 Å². The van der Waals surface area contributed by atoms with Gasteiger partial charge in [0.25, 0.3) is 10.0 Å². The first-order valence-corrected chi connectivity index (χ1v) is 9.59. The number of nitrogens with zero attached hydrogens (tertiary/aromatic N) is 1. The third-order valence-corrected chi connectivity index (χ3v) is 5.77. The number of halogens is 2. The first-order chi connectivity index (χ1) is 12.3. The number of anilines is 1. The molecule has 1 amide bonds. The highest BCUT2D eigenvalue weighted by Gasteiger charge is 2.22. The Balaban J connectivity index is 1.84. The molecule has 6 nitrogen and oxygen atoms in total. The highest BCUT2D eigenvalue weighted by Crippen LogP contribution is 2.26. The molecule has 1 aliphatic heterocycles. The average molecular weight is 399 g/mol. The number of fused-ring (bicyclic) bond motifs is 1. The largest absolute Gasteiger partial charge is 0.453 e. The Morgan fingerprint density at radius 3 is 2.69 bits per heavy atom. The monoisotopic (exact) mass is 398 g/mol. The third-order valence-electron chi connectivity index (χ3n) is 4.10. The van der Waals surface area contributed by atoms with Crippen molar-refractivity contribution in [3.63, 3.8) is 0 Å². The fourth-order valence-corrected chi connectivity index (χ4v) is 4.08. The molecule has 1 N–H and O–H groups in total. The molecule has 0 unspecified atom stereocenters. The van der Waals surface area contributed by atoms with Gasteiger partial charge in [0.15, 0.2) is 0 Å². The maximum absolute atomic E-state index is 13.2. The lowest BCUT2D eigenvalue weighted by molar-refractivity contribution is 0.118. The van der Waals surface area contributed by atoms with Gasteiger partial charge in [0.05, 0.1) is 17.0 Å². The van der Waals surface area contributed by atoms with E-state index in [1.807, 2.05) is 6.07 Å². The van der Waals surface area contributed by atoms with Crippen molar-refractivity contribution in [2.24, 2.45) is 0 Å². The van der Waals surface area contributed by atoms with Gasteiger partial charge in [-0.3, -0.25) is 4.72 Å². The summed E-state index contributed by atoms with van der Waals surface area (Å²) < 4.78 is 45.4. The lowest BCUT2D eigenvalue weighted by Crippen LogP contribution is -2.35. The summed E-state index contributed by atoms with van der Waals surface area (Å²) in [5.74, 6) is -0.692. The molecule has 0 radical (unpaired) electrons. The van der Waals surface area contributed by atoms with Gasteiger partial charge in [0.1, 0.15) is 5.82 Å². The number of sulfonamides is 1. The minimum Gasteiger partial charge on any atom is -0.453 e. The molecule has 0 aliphatic carbocycles. The molecule has 0 saturated carbocycles. The summed E-state index contributed by atoms with van der Waals surface area (Å²) in [5, 5.41) is -0.271. The molecular formula is C17H16ClFN2O4S. The first kappa shape index (κ1) is 18.5. The SMILES string of the molecule is COC(=O)N1CCc2ccc(NS(=O)(=O)c3ccc(F)c(Cl)c3)cc2C1. The van der Waals surface area contributed by atoms with E-state index in [2.05, 4.69) is 4.72 Å². The summed E-state index contributed by atoms with van der Waals surface area (Å²) in [4.78, 5) is 13.1. The number of carbonyl (C=O) groups excluding carboxylic acids is 1. The predicted molar refractivity (Wildman–Crippen MR) is 95.2 cm³/mol. The number of hydrogen-bond acceptors (Lipinski definition) is 4. The summed E-state index contributed by atoms with van der Waals surface area (Å²) in [6.45, 7) is 0.874. The standard InChI is InChI=1S/C17H16ClFN2O4S/c1-25-17(22)21-7-6-11-2-3-13(8-12(11)10-21)20-26(23,24)14-4-5-16(19)15(18)9-14/h2-5,8-9,20H,6-7,10H2,1H3. The van der Waals surface area contributed by atoms with Crippen LogP contribution in [0.15, 0.2) is 41.3 Å². The number of hydrogen-bond donors (Lipinski definition) is 1. The van der Waals surface area contributed by atoms with Gasteiger partial charge in [0, 0.05) is 18.8 Å². The quantitative estimate of drug-likeness (QED) is 0.859. The zero-order valence-corrected chi connectivity index (χ0v) is 15.4. The van der Waals surface area contributed by atoms with Crippen LogP contribution in [0.4, 0.5) is 14.9 Å². The van der Waals surface area contributed by atoms with E-state index in [0.29, 0.717) is 25.2 Å². The molecule has 3 rings (SSSR count). The molecular weight excluding hydrogens is 383 g/mol. The van der Waals surface area contributed by atoms with Crippen LogP contribution in [0.1, 0.15) is 11.1 Å². The number of amides is 1. The smallest absolute Gasteiger partial charge is 0.409 e. The van der Waals surface area contributed by atoms with Crippen molar-refractivity contribution in [2.45, 2.75) is 17.9 Å². The van der Waals surface area contributed by atoms with Crippen LogP contribution in [0, 0.1) is 5.82 Å². The van der Waals surface area contributed by atoms with Gasteiger partial charge in [-0.1, -0.05) is 17.7 Å². The normalized spacial score (nSPS) is 13.9. The number of nitrogens with one attached hydrogen (secondary N) is 1. The van der Waals surface area contributed by atoms with Gasteiger partial charge >= 0.3 is 6.09 Å². The van der Waals surface area contributed by atoms with E-state index in [9.17, 15) is 17.6 Å². The maximum atomic E-state index is 13.2. The molecule has 0 spiro atoms. The Morgan fingerprint density at radius 2 is 2.00 bits per heavy atom. The second-order valence-corrected chi connectivity index (χ2v) is 7.90. The van der Waals surface area contributed by atoms with Crippen LogP contribution in [0.3, 0.4) is 0 Å². The topological polar surface area (TPSA) is 75.7 Å². The highest BCUT2D eigenvalue weighted by molar-refractivity contribution is 7.92. The van der Waals surface area contributed by atoms with Crippen LogP contribution >= 0.6 is 11.6 Å². The van der Waals surface area contributed by atoms with Crippen molar-refractivity contribution < 1.29 is 22.3 Å². The molecule has 0 bridgehead atoms. The fourth-order valence-electron chi connectivity index (χ4n) is 2.76. The van der Waals surface area contributed by atoms with Gasteiger partial charge in [-0.05, 0) is 47.9 Å². The summed E-state index contributed by atoms with van der Waals surface area (Å²) >= 11 is 5.66. The second kappa shape index (κ2) is 7.13. The first-order valence-electron chi connectivity index (χ1n) is 7.73. The number of rotatable bonds is 3. The van der Waals surface area contributed by atoms with E-state index >= 15 is 0 Å². The fraction of sp³-hybridized carbons (Fsp3) is 0.235. The van der Waals surface area contributed by atoms with Crippen LogP contribution in [-0.2, 0) is 27.7 Å². The summed E-state index contributed by atoms with van der Waals surface area (Å²) in [5.41, 5.74) is 2.22. The maximum Gasteiger partial charge on any atom is 0.409 e. The zero-order chi connectivity index (χ0) is 18.9. The number of methoxy groups -OCH3 is 1. The molecule has 1 heterocycles. The van der Waals surface area contributed by atoms with Gasteiger partial charge < -0.3 is 9.64 Å². The Bertz CT molecular complexity index is 965. The third kappa shape index (κ3) is 3.76. The number of carbonyl (C=O) groups is 1. The van der Waals surface area contributed by atoms with E-state index < -0.39 is 21.9 Å². The minimum absolute atomic E-state index is 0.141. The molecule has 0 aromatic heterocycles. The van der Waals surface area contributed by atoms with Crippen molar-refractivity contribution >= 4 is 33.4 Å². The second-order valence-electron chi connectivity index (χ2n) is 5.81. The van der Waals surface area contributed by atoms with Crippen molar-refractivity contribution in [3.05, 3.63) is 58.4 Å². The van der Waals surface area contributed by atoms with Crippen LogP contribution in [0.2, 0.25) is 5.02 Å². The van der Waals surface area contributed by atoms with E-state index in [-0.39, 0.29) is 9.92 Å². The van der Waals surface area contributed by atoms with Crippen LogP contribution < -0.4 is 4.72 Å². The van der Waals surface area contributed by atoms with Gasteiger partial charge in [0.2, 0.25) is 0 Å². The Hall–Kier alpha value is -2.32. The lowest BCUT2D eigenvalue weighted by Gasteiger charge is -2.28. The molecule has 0 fully saturated rings. The Kier molecular flexibility index (Phi) is 5.06. The summed E-state index contributed by atoms with van der Waals surface area (Å²) in [6, 6.07) is 8.33. The zero-order valence-electron chi connectivity index (χ0n) is 13.8. The molecule has 138 valence electrons. The van der Waals surface area contributed by atoms with E-state index in [1.165, 1.54) is 7.11 Å². The van der Waals surface area contributed by atoms with Crippen molar-refractivity contribution in [1.82, 2.24) is 4.90 Å². The van der Waals surface area contributed by atoms with Gasteiger partial charge in [-0.25, -0.2) is 17.6 Å². The molecule has 2 aromatic rings. The van der Waals surface area contributed by atoms with Crippen molar-refractivity contribution in [3.8, 4) is 0 Å². The molecule has 2 aromatic carbocycles. The van der Waals surface area contributed by atoms with Crippen LogP contribution in [0.5, 0.6) is 0 Å². The highest BCUT2D eigenvalue weighted by atomic mass is 35.5. The minimum atomic E-state index is -3.92. The average Bonchev–Trinajstić information content (AvgIpc) is 2.62.